The number of carbonyl (C=O) groups excluding carboxylic acids is 1. The summed E-state index contributed by atoms with van der Waals surface area (Å²) in [5.41, 5.74) is 0.242. The summed E-state index contributed by atoms with van der Waals surface area (Å²) in [5, 5.41) is 2.66. The molecule has 0 atom stereocenters. The highest BCUT2D eigenvalue weighted by molar-refractivity contribution is 9.11. The van der Waals surface area contributed by atoms with Gasteiger partial charge in [0.15, 0.2) is 0 Å². The smallest absolute Gasteiger partial charge is 0.253 e. The van der Waals surface area contributed by atoms with E-state index in [9.17, 15) is 9.18 Å². The third-order valence-corrected chi connectivity index (χ3v) is 2.21. The van der Waals surface area contributed by atoms with Crippen molar-refractivity contribution in [3.63, 3.8) is 0 Å². The number of amides is 1. The normalized spacial score (nSPS) is 9.80. The quantitative estimate of drug-likeness (QED) is 0.911. The third-order valence-electron chi connectivity index (χ3n) is 1.62. The first-order chi connectivity index (χ1) is 7.00. The van der Waals surface area contributed by atoms with Gasteiger partial charge in [-0.1, -0.05) is 34.1 Å². The van der Waals surface area contributed by atoms with E-state index in [1.807, 2.05) is 0 Å². The maximum absolute atomic E-state index is 12.7. The van der Waals surface area contributed by atoms with Gasteiger partial charge in [-0.05, 0) is 18.2 Å². The highest BCUT2D eigenvalue weighted by Gasteiger charge is 2.10. The molecule has 0 aliphatic carbocycles. The zero-order valence-electron chi connectivity index (χ0n) is 7.69. The third kappa shape index (κ3) is 3.64. The minimum atomic E-state index is -0.471. The van der Waals surface area contributed by atoms with E-state index in [-0.39, 0.29) is 16.5 Å². The van der Waals surface area contributed by atoms with Crippen LogP contribution in [-0.4, -0.2) is 12.5 Å². The van der Waals surface area contributed by atoms with E-state index in [2.05, 4.69) is 27.8 Å². The van der Waals surface area contributed by atoms with E-state index in [1.54, 1.807) is 0 Å². The van der Waals surface area contributed by atoms with Crippen LogP contribution >= 0.6 is 27.5 Å². The fourth-order valence-corrected chi connectivity index (χ4v) is 1.34. The molecule has 1 rings (SSSR count). The second kappa shape index (κ2) is 5.28. The second-order valence-electron chi connectivity index (χ2n) is 2.82. The highest BCUT2D eigenvalue weighted by Crippen LogP contribution is 2.17. The van der Waals surface area contributed by atoms with Crippen molar-refractivity contribution in [1.29, 1.82) is 0 Å². The van der Waals surface area contributed by atoms with Gasteiger partial charge >= 0.3 is 0 Å². The van der Waals surface area contributed by atoms with Crippen LogP contribution in [0.1, 0.15) is 10.4 Å². The summed E-state index contributed by atoms with van der Waals surface area (Å²) < 4.78 is 13.3. The molecule has 0 radical (unpaired) electrons. The van der Waals surface area contributed by atoms with E-state index in [0.29, 0.717) is 11.0 Å². The lowest BCUT2D eigenvalue weighted by molar-refractivity contribution is 0.0958. The van der Waals surface area contributed by atoms with Crippen molar-refractivity contribution < 1.29 is 9.18 Å². The Hall–Kier alpha value is -0.870. The van der Waals surface area contributed by atoms with E-state index in [0.717, 1.165) is 6.07 Å². The molecule has 0 aliphatic heterocycles. The second-order valence-corrected chi connectivity index (χ2v) is 4.35. The summed E-state index contributed by atoms with van der Waals surface area (Å²) in [4.78, 5) is 11.5. The zero-order chi connectivity index (χ0) is 11.4. The van der Waals surface area contributed by atoms with Crippen LogP contribution in [0, 0.1) is 5.82 Å². The van der Waals surface area contributed by atoms with Gasteiger partial charge in [-0.2, -0.15) is 0 Å². The van der Waals surface area contributed by atoms with Crippen LogP contribution in [-0.2, 0) is 0 Å². The van der Waals surface area contributed by atoms with E-state index < -0.39 is 5.82 Å². The van der Waals surface area contributed by atoms with Crippen molar-refractivity contribution >= 4 is 33.4 Å². The molecule has 2 nitrogen and oxygen atoms in total. The number of hydrogen-bond donors (Lipinski definition) is 1. The lowest BCUT2D eigenvalue weighted by atomic mass is 10.2. The minimum Gasteiger partial charge on any atom is -0.347 e. The zero-order valence-corrected chi connectivity index (χ0v) is 10.0. The van der Waals surface area contributed by atoms with Gasteiger partial charge in [0, 0.05) is 11.0 Å². The molecule has 0 unspecified atom stereocenters. The van der Waals surface area contributed by atoms with Crippen molar-refractivity contribution in [1.82, 2.24) is 5.32 Å². The van der Waals surface area contributed by atoms with Gasteiger partial charge < -0.3 is 5.32 Å². The average molecular weight is 293 g/mol. The first-order valence-electron chi connectivity index (χ1n) is 4.07. The molecule has 0 aromatic heterocycles. The Bertz CT molecular complexity index is 408. The molecule has 0 spiro atoms. The van der Waals surface area contributed by atoms with Crippen LogP contribution in [0.3, 0.4) is 0 Å². The van der Waals surface area contributed by atoms with Crippen molar-refractivity contribution in [3.05, 3.63) is 45.7 Å². The molecule has 0 saturated carbocycles. The topological polar surface area (TPSA) is 29.1 Å². The van der Waals surface area contributed by atoms with Crippen LogP contribution in [0.2, 0.25) is 5.02 Å². The summed E-state index contributed by atoms with van der Waals surface area (Å²) in [7, 11) is 0. The fraction of sp³-hybridized carbons (Fsp3) is 0.100. The number of carbonyl (C=O) groups is 1. The van der Waals surface area contributed by atoms with Gasteiger partial charge in [-0.3, -0.25) is 4.79 Å². The average Bonchev–Trinajstić information content (AvgIpc) is 2.14. The number of halogens is 3. The lowest BCUT2D eigenvalue weighted by Crippen LogP contribution is -2.24. The summed E-state index contributed by atoms with van der Waals surface area (Å²) in [6.07, 6.45) is 0. The number of nitrogens with one attached hydrogen (secondary N) is 1. The molecular weight excluding hydrogens is 284 g/mol. The Morgan fingerprint density at radius 1 is 1.60 bits per heavy atom. The van der Waals surface area contributed by atoms with Gasteiger partial charge in [0.05, 0.1) is 10.6 Å². The molecular formula is C10H8BrClFNO. The molecule has 0 aliphatic rings. The molecule has 1 aromatic rings. The van der Waals surface area contributed by atoms with E-state index in [4.69, 9.17) is 11.6 Å². The first-order valence-corrected chi connectivity index (χ1v) is 5.24. The fourth-order valence-electron chi connectivity index (χ4n) is 0.945. The number of rotatable bonds is 3. The summed E-state index contributed by atoms with van der Waals surface area (Å²) in [6.45, 7) is 3.86. The SMILES string of the molecule is C=C(Br)CNC(=O)c1ccc(F)cc1Cl. The Morgan fingerprint density at radius 3 is 2.80 bits per heavy atom. The van der Waals surface area contributed by atoms with Crippen molar-refractivity contribution in [2.45, 2.75) is 0 Å². The standard InChI is InChI=1S/C10H8BrClFNO/c1-6(11)5-14-10(15)8-3-2-7(13)4-9(8)12/h2-4H,1,5H2,(H,14,15). The molecule has 0 saturated heterocycles. The Labute approximate surface area is 100 Å². The van der Waals surface area contributed by atoms with Crippen LogP contribution in [0.25, 0.3) is 0 Å². The van der Waals surface area contributed by atoms with Crippen LogP contribution in [0.15, 0.2) is 29.3 Å². The Morgan fingerprint density at radius 2 is 2.27 bits per heavy atom. The van der Waals surface area contributed by atoms with Crippen molar-refractivity contribution in [2.75, 3.05) is 6.54 Å². The molecule has 1 aromatic carbocycles. The van der Waals surface area contributed by atoms with Crippen LogP contribution in [0.4, 0.5) is 4.39 Å². The molecule has 80 valence electrons. The number of benzene rings is 1. The molecule has 1 amide bonds. The molecule has 5 heteroatoms. The summed E-state index contributed by atoms with van der Waals surface area (Å²) in [6, 6.07) is 3.62. The van der Waals surface area contributed by atoms with Gasteiger partial charge in [0.1, 0.15) is 5.82 Å². The predicted octanol–water partition coefficient (Wildman–Crippen LogP) is 3.12. The van der Waals surface area contributed by atoms with E-state index >= 15 is 0 Å². The van der Waals surface area contributed by atoms with Gasteiger partial charge in [0.2, 0.25) is 0 Å². The Kier molecular flexibility index (Phi) is 4.29. The van der Waals surface area contributed by atoms with Crippen LogP contribution in [0.5, 0.6) is 0 Å². The summed E-state index contributed by atoms with van der Waals surface area (Å²) in [5.74, 6) is -0.831. The van der Waals surface area contributed by atoms with Gasteiger partial charge in [-0.15, -0.1) is 0 Å². The molecule has 0 heterocycles. The largest absolute Gasteiger partial charge is 0.347 e. The Balaban J connectivity index is 2.78. The maximum atomic E-state index is 12.7. The number of hydrogen-bond acceptors (Lipinski definition) is 1. The minimum absolute atomic E-state index is 0.0904. The lowest BCUT2D eigenvalue weighted by Gasteiger charge is -2.05. The first kappa shape index (κ1) is 12.2. The van der Waals surface area contributed by atoms with Gasteiger partial charge in [-0.25, -0.2) is 4.39 Å². The summed E-state index contributed by atoms with van der Waals surface area (Å²) >= 11 is 8.81. The molecule has 0 fully saturated rings. The highest BCUT2D eigenvalue weighted by atomic mass is 79.9. The molecule has 15 heavy (non-hydrogen) atoms. The monoisotopic (exact) mass is 291 g/mol. The van der Waals surface area contributed by atoms with Crippen LogP contribution < -0.4 is 5.32 Å². The molecule has 1 N–H and O–H groups in total. The molecule has 0 bridgehead atoms. The van der Waals surface area contributed by atoms with Gasteiger partial charge in [0.25, 0.3) is 5.91 Å². The van der Waals surface area contributed by atoms with Crippen molar-refractivity contribution in [2.24, 2.45) is 0 Å². The maximum Gasteiger partial charge on any atom is 0.253 e. The predicted molar refractivity (Wildman–Crippen MR) is 61.8 cm³/mol. The van der Waals surface area contributed by atoms with Crippen molar-refractivity contribution in [3.8, 4) is 0 Å². The van der Waals surface area contributed by atoms with E-state index in [1.165, 1.54) is 12.1 Å².